The summed E-state index contributed by atoms with van der Waals surface area (Å²) in [6.07, 6.45) is 3.30. The lowest BCUT2D eigenvalue weighted by atomic mass is 10.1. The second kappa shape index (κ2) is 5.36. The number of rotatable bonds is 4. The van der Waals surface area contributed by atoms with Gasteiger partial charge in [-0.05, 0) is 34.1 Å². The maximum Gasteiger partial charge on any atom is 0.250 e. The summed E-state index contributed by atoms with van der Waals surface area (Å²) >= 11 is 3.44. The van der Waals surface area contributed by atoms with Crippen LogP contribution >= 0.6 is 15.9 Å². The van der Waals surface area contributed by atoms with Gasteiger partial charge in [0.05, 0.1) is 23.8 Å². The molecule has 0 aliphatic carbocycles. The van der Waals surface area contributed by atoms with Crippen molar-refractivity contribution < 1.29 is 9.21 Å². The number of anilines is 2. The molecule has 0 aliphatic heterocycles. The number of furan rings is 1. The number of primary amides is 1. The van der Waals surface area contributed by atoms with Crippen molar-refractivity contribution in [2.75, 3.05) is 17.7 Å². The zero-order valence-corrected chi connectivity index (χ0v) is 12.0. The molecular weight excluding hydrogens is 310 g/mol. The first-order chi connectivity index (χ1) is 8.99. The summed E-state index contributed by atoms with van der Waals surface area (Å²) in [5, 5.41) is 0. The van der Waals surface area contributed by atoms with E-state index >= 15 is 0 Å². The average molecular weight is 324 g/mol. The van der Waals surface area contributed by atoms with Gasteiger partial charge in [0.15, 0.2) is 0 Å². The zero-order chi connectivity index (χ0) is 14.0. The Morgan fingerprint density at radius 2 is 2.21 bits per heavy atom. The van der Waals surface area contributed by atoms with Crippen LogP contribution in [0.2, 0.25) is 0 Å². The predicted molar refractivity (Wildman–Crippen MR) is 77.9 cm³/mol. The van der Waals surface area contributed by atoms with Crippen molar-refractivity contribution in [1.29, 1.82) is 0 Å². The van der Waals surface area contributed by atoms with Gasteiger partial charge in [0.1, 0.15) is 0 Å². The van der Waals surface area contributed by atoms with Crippen LogP contribution in [0.3, 0.4) is 0 Å². The number of benzene rings is 1. The lowest BCUT2D eigenvalue weighted by molar-refractivity contribution is 0.100. The number of hydrogen-bond donors (Lipinski definition) is 2. The normalized spacial score (nSPS) is 10.4. The molecule has 2 aromatic rings. The van der Waals surface area contributed by atoms with E-state index in [1.165, 1.54) is 0 Å². The van der Waals surface area contributed by atoms with Crippen molar-refractivity contribution in [3.8, 4) is 0 Å². The Bertz CT molecular complexity index is 596. The Morgan fingerprint density at radius 3 is 2.79 bits per heavy atom. The van der Waals surface area contributed by atoms with Crippen LogP contribution in [0.25, 0.3) is 0 Å². The minimum Gasteiger partial charge on any atom is -0.472 e. The first-order valence-corrected chi connectivity index (χ1v) is 6.39. The molecule has 0 bridgehead atoms. The van der Waals surface area contributed by atoms with Crippen molar-refractivity contribution >= 4 is 33.2 Å². The molecule has 0 fully saturated rings. The Labute approximate surface area is 119 Å². The summed E-state index contributed by atoms with van der Waals surface area (Å²) in [7, 11) is 1.91. The summed E-state index contributed by atoms with van der Waals surface area (Å²) in [5.74, 6) is -0.539. The van der Waals surface area contributed by atoms with Gasteiger partial charge < -0.3 is 20.8 Å². The van der Waals surface area contributed by atoms with Crippen LogP contribution in [0.4, 0.5) is 11.4 Å². The maximum absolute atomic E-state index is 11.3. The molecule has 6 heteroatoms. The van der Waals surface area contributed by atoms with Gasteiger partial charge in [-0.25, -0.2) is 0 Å². The fourth-order valence-electron chi connectivity index (χ4n) is 1.82. The molecule has 0 radical (unpaired) electrons. The van der Waals surface area contributed by atoms with Gasteiger partial charge >= 0.3 is 0 Å². The number of halogens is 1. The molecule has 0 saturated heterocycles. The van der Waals surface area contributed by atoms with Gasteiger partial charge in [0.2, 0.25) is 0 Å². The van der Waals surface area contributed by atoms with Gasteiger partial charge in [-0.1, -0.05) is 0 Å². The Kier molecular flexibility index (Phi) is 3.80. The van der Waals surface area contributed by atoms with Gasteiger partial charge in [-0.15, -0.1) is 0 Å². The number of carbonyl (C=O) groups excluding carboxylic acids is 1. The van der Waals surface area contributed by atoms with Crippen molar-refractivity contribution in [3.05, 3.63) is 46.3 Å². The molecule has 0 spiro atoms. The topological polar surface area (TPSA) is 85.5 Å². The molecule has 19 heavy (non-hydrogen) atoms. The monoisotopic (exact) mass is 323 g/mol. The molecule has 1 heterocycles. The van der Waals surface area contributed by atoms with Gasteiger partial charge in [0, 0.05) is 29.3 Å². The van der Waals surface area contributed by atoms with Crippen molar-refractivity contribution in [2.24, 2.45) is 5.73 Å². The Balaban J connectivity index is 2.33. The lowest BCUT2D eigenvalue weighted by Gasteiger charge is -2.21. The number of hydrogen-bond acceptors (Lipinski definition) is 4. The molecule has 0 atom stereocenters. The summed E-state index contributed by atoms with van der Waals surface area (Å²) in [5.41, 5.74) is 13.6. The summed E-state index contributed by atoms with van der Waals surface area (Å²) < 4.78 is 5.84. The molecule has 1 amide bonds. The number of nitrogens with zero attached hydrogens (tertiary/aromatic N) is 1. The van der Waals surface area contributed by atoms with E-state index in [0.29, 0.717) is 17.8 Å². The molecule has 1 aromatic heterocycles. The maximum atomic E-state index is 11.3. The van der Waals surface area contributed by atoms with Gasteiger partial charge in [-0.2, -0.15) is 0 Å². The third-order valence-corrected chi connectivity index (χ3v) is 3.43. The molecule has 2 rings (SSSR count). The fraction of sp³-hybridized carbons (Fsp3) is 0.154. The number of carbonyl (C=O) groups is 1. The smallest absolute Gasteiger partial charge is 0.250 e. The molecule has 0 unspecified atom stereocenters. The minimum absolute atomic E-state index is 0.317. The van der Waals surface area contributed by atoms with Gasteiger partial charge in [-0.3, -0.25) is 4.79 Å². The largest absolute Gasteiger partial charge is 0.472 e. The third-order valence-electron chi connectivity index (χ3n) is 2.80. The van der Waals surface area contributed by atoms with Crippen LogP contribution in [0.1, 0.15) is 15.9 Å². The van der Waals surface area contributed by atoms with Crippen LogP contribution < -0.4 is 16.4 Å². The molecular formula is C13H14BrN3O2. The summed E-state index contributed by atoms with van der Waals surface area (Å²) in [6, 6.07) is 5.25. The van der Waals surface area contributed by atoms with Crippen molar-refractivity contribution in [3.63, 3.8) is 0 Å². The highest BCUT2D eigenvalue weighted by molar-refractivity contribution is 9.10. The zero-order valence-electron chi connectivity index (χ0n) is 10.4. The highest BCUT2D eigenvalue weighted by atomic mass is 79.9. The predicted octanol–water partition coefficient (Wildman–Crippen LogP) is 2.36. The van der Waals surface area contributed by atoms with E-state index in [9.17, 15) is 4.79 Å². The van der Waals surface area contributed by atoms with Crippen LogP contribution in [0.5, 0.6) is 0 Å². The second-order valence-electron chi connectivity index (χ2n) is 4.24. The first kappa shape index (κ1) is 13.5. The summed E-state index contributed by atoms with van der Waals surface area (Å²) in [6.45, 7) is 0.650. The SMILES string of the molecule is CN(Cc1ccoc1)c1cc(C(N)=O)c(N)cc1Br. The molecule has 5 nitrogen and oxygen atoms in total. The third kappa shape index (κ3) is 2.90. The average Bonchev–Trinajstić information content (AvgIpc) is 2.81. The number of amides is 1. The van der Waals surface area contributed by atoms with Crippen molar-refractivity contribution in [1.82, 2.24) is 0 Å². The quantitative estimate of drug-likeness (QED) is 0.846. The second-order valence-corrected chi connectivity index (χ2v) is 5.10. The number of nitrogen functional groups attached to an aromatic ring is 1. The van der Waals surface area contributed by atoms with Crippen LogP contribution in [0, 0.1) is 0 Å². The van der Waals surface area contributed by atoms with E-state index in [1.54, 1.807) is 24.7 Å². The van der Waals surface area contributed by atoms with Gasteiger partial charge in [0.25, 0.3) is 5.91 Å². The number of nitrogens with two attached hydrogens (primary N) is 2. The summed E-state index contributed by atoms with van der Waals surface area (Å²) in [4.78, 5) is 13.3. The van der Waals surface area contributed by atoms with Crippen LogP contribution in [-0.4, -0.2) is 13.0 Å². The fourth-order valence-corrected chi connectivity index (χ4v) is 2.49. The minimum atomic E-state index is -0.539. The van der Waals surface area contributed by atoms with E-state index in [1.807, 2.05) is 18.0 Å². The van der Waals surface area contributed by atoms with Crippen molar-refractivity contribution in [2.45, 2.75) is 6.54 Å². The van der Waals surface area contributed by atoms with E-state index in [0.717, 1.165) is 15.7 Å². The first-order valence-electron chi connectivity index (χ1n) is 5.60. The van der Waals surface area contributed by atoms with E-state index in [4.69, 9.17) is 15.9 Å². The lowest BCUT2D eigenvalue weighted by Crippen LogP contribution is -2.19. The molecule has 100 valence electrons. The van der Waals surface area contributed by atoms with E-state index in [2.05, 4.69) is 15.9 Å². The molecule has 4 N–H and O–H groups in total. The highest BCUT2D eigenvalue weighted by Crippen LogP contribution is 2.31. The standard InChI is InChI=1S/C13H14BrN3O2/c1-17(6-8-2-3-19-7-8)12-4-9(13(16)18)11(15)5-10(12)14/h2-5,7H,6,15H2,1H3,(H2,16,18). The van der Waals surface area contributed by atoms with E-state index < -0.39 is 5.91 Å². The Hall–Kier alpha value is -1.95. The highest BCUT2D eigenvalue weighted by Gasteiger charge is 2.13. The Morgan fingerprint density at radius 1 is 1.47 bits per heavy atom. The molecule has 0 aliphatic rings. The molecule has 1 aromatic carbocycles. The van der Waals surface area contributed by atoms with E-state index in [-0.39, 0.29) is 0 Å². The molecule has 0 saturated carbocycles. The van der Waals surface area contributed by atoms with Crippen LogP contribution in [-0.2, 0) is 6.54 Å². The van der Waals surface area contributed by atoms with Crippen LogP contribution in [0.15, 0.2) is 39.6 Å².